The van der Waals surface area contributed by atoms with Crippen molar-refractivity contribution in [2.45, 2.75) is 84.5 Å². The topological polar surface area (TPSA) is 26.3 Å². The monoisotopic (exact) mass is 241 g/mol. The largest absolute Gasteiger partial charge is 0.459 e. The second-order valence-corrected chi connectivity index (χ2v) is 4.66. The molecule has 0 aromatic rings. The van der Waals surface area contributed by atoms with Crippen LogP contribution in [0.1, 0.15) is 84.5 Å². The average molecular weight is 241 g/mol. The fourth-order valence-corrected chi connectivity index (χ4v) is 1.95. The van der Waals surface area contributed by atoms with Crippen LogP contribution in [0.2, 0.25) is 0 Å². The Kier molecular flexibility index (Phi) is 13.1. The summed E-state index contributed by atoms with van der Waals surface area (Å²) in [4.78, 5) is 11.0. The maximum Gasteiger partial charge on any atom is 0.306 e. The van der Waals surface area contributed by atoms with E-state index in [4.69, 9.17) is 4.74 Å². The Morgan fingerprint density at radius 3 is 1.82 bits per heavy atom. The second kappa shape index (κ2) is 13.5. The Hall–Kier alpha value is -0.530. The van der Waals surface area contributed by atoms with Crippen molar-refractivity contribution in [3.05, 3.63) is 6.61 Å². The molecule has 0 aliphatic rings. The predicted molar refractivity (Wildman–Crippen MR) is 72.5 cm³/mol. The highest BCUT2D eigenvalue weighted by Crippen LogP contribution is 2.11. The molecule has 0 fully saturated rings. The number of ether oxygens (including phenoxy) is 1. The smallest absolute Gasteiger partial charge is 0.306 e. The molecule has 0 saturated carbocycles. The van der Waals surface area contributed by atoms with Crippen molar-refractivity contribution in [3.63, 3.8) is 0 Å². The predicted octanol–water partition coefficient (Wildman–Crippen LogP) is 5.02. The van der Waals surface area contributed by atoms with E-state index in [0.717, 1.165) is 12.8 Å². The van der Waals surface area contributed by atoms with Gasteiger partial charge in [0.15, 0.2) is 0 Å². The van der Waals surface area contributed by atoms with E-state index in [-0.39, 0.29) is 5.97 Å². The van der Waals surface area contributed by atoms with Gasteiger partial charge in [0, 0.05) is 6.42 Å². The summed E-state index contributed by atoms with van der Waals surface area (Å²) >= 11 is 0. The standard InChI is InChI=1S/C15H29O2/c1-3-5-6-7-8-9-10-11-12-13-14-15(16)17-4-2/h4H,3,5-14H2,1-2H3. The number of hydrogen-bond donors (Lipinski definition) is 0. The Morgan fingerprint density at radius 2 is 1.35 bits per heavy atom. The molecule has 0 aliphatic carbocycles. The van der Waals surface area contributed by atoms with Crippen molar-refractivity contribution in [2.75, 3.05) is 0 Å². The van der Waals surface area contributed by atoms with E-state index in [2.05, 4.69) is 6.92 Å². The summed E-state index contributed by atoms with van der Waals surface area (Å²) in [6.07, 6.45) is 13.5. The third kappa shape index (κ3) is 13.4. The molecular formula is C15H29O2. The van der Waals surface area contributed by atoms with E-state index in [1.54, 1.807) is 6.92 Å². The molecule has 0 rings (SSSR count). The van der Waals surface area contributed by atoms with E-state index < -0.39 is 0 Å². The summed E-state index contributed by atoms with van der Waals surface area (Å²) in [5.41, 5.74) is 0. The van der Waals surface area contributed by atoms with E-state index in [0.29, 0.717) is 6.42 Å². The molecule has 0 unspecified atom stereocenters. The number of unbranched alkanes of at least 4 members (excludes halogenated alkanes) is 9. The summed E-state index contributed by atoms with van der Waals surface area (Å²) in [5, 5.41) is 0. The fraction of sp³-hybridized carbons (Fsp3) is 0.867. The van der Waals surface area contributed by atoms with Gasteiger partial charge >= 0.3 is 5.97 Å². The second-order valence-electron chi connectivity index (χ2n) is 4.66. The van der Waals surface area contributed by atoms with Gasteiger partial charge in [0.1, 0.15) is 6.61 Å². The van der Waals surface area contributed by atoms with Crippen LogP contribution in [0.4, 0.5) is 0 Å². The summed E-state index contributed by atoms with van der Waals surface area (Å²) < 4.78 is 4.76. The first-order valence-corrected chi connectivity index (χ1v) is 7.28. The third-order valence-electron chi connectivity index (χ3n) is 2.98. The van der Waals surface area contributed by atoms with E-state index in [1.165, 1.54) is 58.0 Å². The minimum atomic E-state index is -0.0907. The van der Waals surface area contributed by atoms with Gasteiger partial charge in [-0.2, -0.15) is 0 Å². The molecule has 0 aromatic carbocycles. The Balaban J connectivity index is 3.01. The van der Waals surface area contributed by atoms with Crippen LogP contribution in [0.3, 0.4) is 0 Å². The van der Waals surface area contributed by atoms with Crippen molar-refractivity contribution in [1.29, 1.82) is 0 Å². The summed E-state index contributed by atoms with van der Waals surface area (Å²) in [5.74, 6) is -0.0907. The van der Waals surface area contributed by atoms with Gasteiger partial charge in [0.05, 0.1) is 0 Å². The highest BCUT2D eigenvalue weighted by atomic mass is 16.5. The van der Waals surface area contributed by atoms with Crippen molar-refractivity contribution >= 4 is 5.97 Å². The van der Waals surface area contributed by atoms with Crippen LogP contribution in [-0.2, 0) is 9.53 Å². The normalized spacial score (nSPS) is 10.5. The van der Waals surface area contributed by atoms with Gasteiger partial charge < -0.3 is 4.74 Å². The quantitative estimate of drug-likeness (QED) is 0.354. The molecule has 0 bridgehead atoms. The zero-order valence-corrected chi connectivity index (χ0v) is 11.7. The number of carbonyl (C=O) groups is 1. The lowest BCUT2D eigenvalue weighted by Gasteiger charge is -2.02. The highest BCUT2D eigenvalue weighted by molar-refractivity contribution is 5.69. The van der Waals surface area contributed by atoms with Crippen molar-refractivity contribution < 1.29 is 9.53 Å². The average Bonchev–Trinajstić information content (AvgIpc) is 2.32. The molecule has 0 N–H and O–H groups in total. The maximum atomic E-state index is 11.0. The van der Waals surface area contributed by atoms with Crippen molar-refractivity contribution in [1.82, 2.24) is 0 Å². The molecular weight excluding hydrogens is 212 g/mol. The van der Waals surface area contributed by atoms with Gasteiger partial charge in [0.25, 0.3) is 0 Å². The lowest BCUT2D eigenvalue weighted by atomic mass is 10.1. The molecule has 0 amide bonds. The first kappa shape index (κ1) is 16.5. The summed E-state index contributed by atoms with van der Waals surface area (Å²) in [6, 6.07) is 0. The van der Waals surface area contributed by atoms with Gasteiger partial charge in [-0.05, 0) is 13.3 Å². The molecule has 1 radical (unpaired) electrons. The summed E-state index contributed by atoms with van der Waals surface area (Å²) in [6.45, 7) is 5.44. The van der Waals surface area contributed by atoms with Crippen molar-refractivity contribution in [3.8, 4) is 0 Å². The molecule has 0 aromatic heterocycles. The highest BCUT2D eigenvalue weighted by Gasteiger charge is 2.00. The maximum absolute atomic E-state index is 11.0. The first-order chi connectivity index (χ1) is 8.31. The Morgan fingerprint density at radius 1 is 0.882 bits per heavy atom. The van der Waals surface area contributed by atoms with Crippen LogP contribution in [0.15, 0.2) is 0 Å². The Bertz CT molecular complexity index is 166. The number of hydrogen-bond acceptors (Lipinski definition) is 2. The van der Waals surface area contributed by atoms with E-state index in [1.807, 2.05) is 0 Å². The van der Waals surface area contributed by atoms with Crippen LogP contribution in [-0.4, -0.2) is 5.97 Å². The molecule has 0 atom stereocenters. The van der Waals surface area contributed by atoms with E-state index in [9.17, 15) is 4.79 Å². The molecule has 2 nitrogen and oxygen atoms in total. The lowest BCUT2D eigenvalue weighted by Crippen LogP contribution is -2.00. The Labute approximate surface area is 107 Å². The van der Waals surface area contributed by atoms with E-state index >= 15 is 0 Å². The van der Waals surface area contributed by atoms with Crippen LogP contribution in [0.25, 0.3) is 0 Å². The SMILES string of the molecule is C[CH]OC(=O)CCCCCCCCCCCC. The molecule has 2 heteroatoms. The molecule has 0 saturated heterocycles. The molecule has 0 spiro atoms. The van der Waals surface area contributed by atoms with Crippen LogP contribution >= 0.6 is 0 Å². The van der Waals surface area contributed by atoms with Gasteiger partial charge in [-0.15, -0.1) is 0 Å². The first-order valence-electron chi connectivity index (χ1n) is 7.28. The van der Waals surface area contributed by atoms with Crippen LogP contribution in [0.5, 0.6) is 0 Å². The minimum absolute atomic E-state index is 0.0907. The number of rotatable bonds is 12. The molecule has 0 aliphatic heterocycles. The lowest BCUT2D eigenvalue weighted by molar-refractivity contribution is -0.140. The number of esters is 1. The number of carbonyl (C=O) groups excluding carboxylic acids is 1. The third-order valence-corrected chi connectivity index (χ3v) is 2.98. The van der Waals surface area contributed by atoms with Gasteiger partial charge in [-0.3, -0.25) is 4.79 Å². The summed E-state index contributed by atoms with van der Waals surface area (Å²) in [7, 11) is 0. The van der Waals surface area contributed by atoms with Crippen molar-refractivity contribution in [2.24, 2.45) is 0 Å². The van der Waals surface area contributed by atoms with Crippen LogP contribution < -0.4 is 0 Å². The van der Waals surface area contributed by atoms with Gasteiger partial charge in [-0.25, -0.2) is 0 Å². The fourth-order valence-electron chi connectivity index (χ4n) is 1.95. The zero-order chi connectivity index (χ0) is 12.8. The zero-order valence-electron chi connectivity index (χ0n) is 11.7. The molecule has 101 valence electrons. The van der Waals surface area contributed by atoms with Gasteiger partial charge in [0.2, 0.25) is 0 Å². The van der Waals surface area contributed by atoms with Crippen LogP contribution in [0, 0.1) is 6.61 Å². The van der Waals surface area contributed by atoms with Gasteiger partial charge in [-0.1, -0.05) is 64.7 Å². The minimum Gasteiger partial charge on any atom is -0.459 e. The molecule has 0 heterocycles. The molecule has 17 heavy (non-hydrogen) atoms.